The first-order valence-electron chi connectivity index (χ1n) is 6.49. The Morgan fingerprint density at radius 3 is 2.18 bits per heavy atom. The molecule has 1 atom stereocenters. The van der Waals surface area contributed by atoms with Gasteiger partial charge in [0.05, 0.1) is 5.69 Å². The van der Waals surface area contributed by atoms with Gasteiger partial charge in [-0.2, -0.15) is 13.2 Å². The Kier molecular flexibility index (Phi) is 3.62. The van der Waals surface area contributed by atoms with E-state index in [1.807, 2.05) is 0 Å². The summed E-state index contributed by atoms with van der Waals surface area (Å²) in [6.07, 6.45) is 0.963. The molecule has 0 spiro atoms. The largest absolute Gasteiger partial charge is 0.414 e. The van der Waals surface area contributed by atoms with Crippen LogP contribution in [0.25, 0.3) is 11.5 Å². The fourth-order valence-electron chi connectivity index (χ4n) is 2.22. The average molecular weight is 304 g/mol. The zero-order valence-electron chi connectivity index (χ0n) is 11.3. The van der Waals surface area contributed by atoms with Gasteiger partial charge in [0.15, 0.2) is 11.9 Å². The minimum Gasteiger partial charge on any atom is -0.312 e. The maximum atomic E-state index is 13.6. The third-order valence-electron chi connectivity index (χ3n) is 3.12. The molecule has 22 heavy (non-hydrogen) atoms. The van der Waals surface area contributed by atoms with E-state index in [9.17, 15) is 13.2 Å². The van der Waals surface area contributed by atoms with Crippen LogP contribution in [0.4, 0.5) is 13.2 Å². The molecule has 3 heterocycles. The molecule has 1 unspecified atom stereocenters. The second-order valence-corrected chi connectivity index (χ2v) is 4.57. The normalized spacial score (nSPS) is 13.0. The SMILES string of the molecule is FC(F)(F)C(c1ccccn1)n1ccnc1-c1ccccn1. The Hall–Kier alpha value is -2.70. The molecule has 7 heteroatoms. The van der Waals surface area contributed by atoms with Crippen LogP contribution in [-0.4, -0.2) is 25.7 Å². The van der Waals surface area contributed by atoms with Gasteiger partial charge in [0, 0.05) is 24.8 Å². The van der Waals surface area contributed by atoms with Crippen LogP contribution in [0.2, 0.25) is 0 Å². The van der Waals surface area contributed by atoms with Crippen molar-refractivity contribution in [2.45, 2.75) is 12.2 Å². The molecule has 0 saturated heterocycles. The topological polar surface area (TPSA) is 43.6 Å². The molecular weight excluding hydrogens is 293 g/mol. The third kappa shape index (κ3) is 2.69. The van der Waals surface area contributed by atoms with E-state index in [4.69, 9.17) is 0 Å². The lowest BCUT2D eigenvalue weighted by Crippen LogP contribution is -2.28. The van der Waals surface area contributed by atoms with Crippen LogP contribution in [0.3, 0.4) is 0 Å². The average Bonchev–Trinajstić information content (AvgIpc) is 2.97. The van der Waals surface area contributed by atoms with Crippen molar-refractivity contribution < 1.29 is 13.2 Å². The number of imidazole rings is 1. The summed E-state index contributed by atoms with van der Waals surface area (Å²) in [7, 11) is 0. The van der Waals surface area contributed by atoms with Gasteiger partial charge in [-0.3, -0.25) is 9.97 Å². The van der Waals surface area contributed by atoms with Crippen LogP contribution in [0.5, 0.6) is 0 Å². The van der Waals surface area contributed by atoms with Gasteiger partial charge in [-0.15, -0.1) is 0 Å². The van der Waals surface area contributed by atoms with Gasteiger partial charge >= 0.3 is 6.18 Å². The molecule has 0 amide bonds. The smallest absolute Gasteiger partial charge is 0.312 e. The molecule has 0 saturated carbocycles. The van der Waals surface area contributed by atoms with Crippen LogP contribution < -0.4 is 0 Å². The number of pyridine rings is 2. The van der Waals surface area contributed by atoms with Gasteiger partial charge in [-0.25, -0.2) is 4.98 Å². The Morgan fingerprint density at radius 1 is 0.864 bits per heavy atom. The number of aromatic nitrogens is 4. The molecular formula is C15H11F3N4. The molecule has 112 valence electrons. The molecule has 0 bridgehead atoms. The van der Waals surface area contributed by atoms with E-state index in [2.05, 4.69) is 15.0 Å². The van der Waals surface area contributed by atoms with Gasteiger partial charge < -0.3 is 4.57 Å². The van der Waals surface area contributed by atoms with E-state index < -0.39 is 12.2 Å². The molecule has 0 aliphatic heterocycles. The Bertz CT molecular complexity index is 738. The standard InChI is InChI=1S/C15H11F3N4/c16-15(17,18)13(11-5-1-3-7-19-11)22-10-9-21-14(22)12-6-2-4-8-20-12/h1-10,13H. The monoisotopic (exact) mass is 304 g/mol. The van der Waals surface area contributed by atoms with Gasteiger partial charge in [0.2, 0.25) is 0 Å². The molecule has 4 nitrogen and oxygen atoms in total. The predicted octanol–water partition coefficient (Wildman–Crippen LogP) is 3.49. The molecule has 3 rings (SSSR count). The minimum absolute atomic E-state index is 0.0924. The number of alkyl halides is 3. The van der Waals surface area contributed by atoms with Gasteiger partial charge in [-0.1, -0.05) is 12.1 Å². The highest BCUT2D eigenvalue weighted by atomic mass is 19.4. The maximum absolute atomic E-state index is 13.6. The Labute approximate surface area is 124 Å². The summed E-state index contributed by atoms with van der Waals surface area (Å²) in [5.74, 6) is 0.147. The highest BCUT2D eigenvalue weighted by Gasteiger charge is 2.44. The lowest BCUT2D eigenvalue weighted by atomic mass is 10.1. The van der Waals surface area contributed by atoms with Crippen molar-refractivity contribution in [2.75, 3.05) is 0 Å². The molecule has 0 radical (unpaired) electrons. The van der Waals surface area contributed by atoms with Crippen LogP contribution in [0.15, 0.2) is 61.2 Å². The van der Waals surface area contributed by atoms with Crippen molar-refractivity contribution in [2.24, 2.45) is 0 Å². The highest BCUT2D eigenvalue weighted by Crippen LogP contribution is 2.37. The molecule has 0 aliphatic rings. The second kappa shape index (κ2) is 5.59. The number of halogens is 3. The zero-order chi connectivity index (χ0) is 15.6. The van der Waals surface area contributed by atoms with Crippen LogP contribution >= 0.6 is 0 Å². The van der Waals surface area contributed by atoms with Crippen molar-refractivity contribution in [3.8, 4) is 11.5 Å². The Morgan fingerprint density at radius 2 is 1.59 bits per heavy atom. The molecule has 0 N–H and O–H groups in total. The van der Waals surface area contributed by atoms with E-state index in [-0.39, 0.29) is 11.5 Å². The molecule has 3 aromatic rings. The maximum Gasteiger partial charge on any atom is 0.414 e. The lowest BCUT2D eigenvalue weighted by Gasteiger charge is -2.22. The quantitative estimate of drug-likeness (QED) is 0.744. The highest BCUT2D eigenvalue weighted by molar-refractivity contribution is 5.50. The van der Waals surface area contributed by atoms with Crippen molar-refractivity contribution >= 4 is 0 Å². The van der Waals surface area contributed by atoms with Crippen molar-refractivity contribution in [3.63, 3.8) is 0 Å². The summed E-state index contributed by atoms with van der Waals surface area (Å²) in [6.45, 7) is 0. The number of rotatable bonds is 3. The summed E-state index contributed by atoms with van der Waals surface area (Å²) >= 11 is 0. The molecule has 0 aromatic carbocycles. The number of nitrogens with zero attached hydrogens (tertiary/aromatic N) is 4. The van der Waals surface area contributed by atoms with E-state index in [0.717, 1.165) is 4.57 Å². The van der Waals surface area contributed by atoms with Crippen LogP contribution in [0, 0.1) is 0 Å². The van der Waals surface area contributed by atoms with Gasteiger partial charge in [-0.05, 0) is 24.3 Å². The molecule has 0 aliphatic carbocycles. The van der Waals surface area contributed by atoms with E-state index in [0.29, 0.717) is 5.69 Å². The lowest BCUT2D eigenvalue weighted by molar-refractivity contribution is -0.157. The van der Waals surface area contributed by atoms with E-state index in [1.54, 1.807) is 24.3 Å². The fraction of sp³-hybridized carbons (Fsp3) is 0.133. The minimum atomic E-state index is -4.50. The summed E-state index contributed by atoms with van der Waals surface area (Å²) < 4.78 is 41.7. The summed E-state index contributed by atoms with van der Waals surface area (Å²) in [4.78, 5) is 11.9. The first kappa shape index (κ1) is 14.2. The fourth-order valence-corrected chi connectivity index (χ4v) is 2.22. The molecule has 0 fully saturated rings. The third-order valence-corrected chi connectivity index (χ3v) is 3.12. The summed E-state index contributed by atoms with van der Waals surface area (Å²) in [5.41, 5.74) is 0.280. The first-order valence-corrected chi connectivity index (χ1v) is 6.49. The second-order valence-electron chi connectivity index (χ2n) is 4.57. The summed E-state index contributed by atoms with van der Waals surface area (Å²) in [6, 6.07) is 7.54. The molecule has 3 aromatic heterocycles. The van der Waals surface area contributed by atoms with Crippen molar-refractivity contribution in [3.05, 3.63) is 66.9 Å². The van der Waals surface area contributed by atoms with Crippen LogP contribution in [0.1, 0.15) is 11.7 Å². The van der Waals surface area contributed by atoms with E-state index >= 15 is 0 Å². The van der Waals surface area contributed by atoms with E-state index in [1.165, 1.54) is 36.9 Å². The van der Waals surface area contributed by atoms with Gasteiger partial charge in [0.25, 0.3) is 0 Å². The zero-order valence-corrected chi connectivity index (χ0v) is 11.3. The van der Waals surface area contributed by atoms with Gasteiger partial charge in [0.1, 0.15) is 5.69 Å². The Balaban J connectivity index is 2.14. The number of hydrogen-bond acceptors (Lipinski definition) is 3. The van der Waals surface area contributed by atoms with Crippen molar-refractivity contribution in [1.82, 2.24) is 19.5 Å². The van der Waals surface area contributed by atoms with Crippen LogP contribution in [-0.2, 0) is 0 Å². The van der Waals surface area contributed by atoms with Crippen molar-refractivity contribution in [1.29, 1.82) is 0 Å². The number of hydrogen-bond donors (Lipinski definition) is 0. The summed E-state index contributed by atoms with van der Waals surface area (Å²) in [5, 5.41) is 0. The predicted molar refractivity (Wildman–Crippen MR) is 73.9 cm³/mol. The first-order chi connectivity index (χ1) is 10.6.